The largest absolute Gasteiger partial charge is 0.381 e. The molecule has 0 atom stereocenters. The van der Waals surface area contributed by atoms with Gasteiger partial charge in [0.25, 0.3) is 0 Å². The lowest BCUT2D eigenvalue weighted by atomic mass is 10.3. The van der Waals surface area contributed by atoms with Gasteiger partial charge in [-0.2, -0.15) is 0 Å². The van der Waals surface area contributed by atoms with Crippen LogP contribution in [0.15, 0.2) is 30.9 Å². The number of rotatable bonds is 3. The number of halogens is 2. The summed E-state index contributed by atoms with van der Waals surface area (Å²) in [7, 11) is 0. The third-order valence-corrected chi connectivity index (χ3v) is 2.50. The summed E-state index contributed by atoms with van der Waals surface area (Å²) in [5, 5.41) is 3.97. The molecule has 0 radical (unpaired) electrons. The lowest BCUT2D eigenvalue weighted by Gasteiger charge is -2.05. The molecule has 0 heterocycles. The molecule has 0 saturated carbocycles. The van der Waals surface area contributed by atoms with Crippen LogP contribution < -0.4 is 5.32 Å². The predicted molar refractivity (Wildman–Crippen MR) is 62.9 cm³/mol. The molecule has 0 saturated heterocycles. The minimum atomic E-state index is 0.767. The zero-order valence-corrected chi connectivity index (χ0v) is 9.39. The second-order valence-electron chi connectivity index (χ2n) is 2.29. The zero-order valence-electron chi connectivity index (χ0n) is 6.48. The van der Waals surface area contributed by atoms with Gasteiger partial charge in [0.05, 0.1) is 0 Å². The van der Waals surface area contributed by atoms with E-state index < -0.39 is 0 Å². The van der Waals surface area contributed by atoms with Crippen molar-refractivity contribution < 1.29 is 0 Å². The molecular weight excluding hydrogens is 284 g/mol. The van der Waals surface area contributed by atoms with Crippen molar-refractivity contribution in [2.24, 2.45) is 0 Å². The molecule has 1 nitrogen and oxygen atoms in total. The molecule has 1 rings (SSSR count). The third kappa shape index (κ3) is 2.68. The number of nitrogens with one attached hydrogen (secondary N) is 1. The van der Waals surface area contributed by atoms with Gasteiger partial charge in [0.15, 0.2) is 0 Å². The van der Waals surface area contributed by atoms with Crippen LogP contribution in [0, 0.1) is 3.57 Å². The van der Waals surface area contributed by atoms with Gasteiger partial charge in [-0.05, 0) is 40.8 Å². The second-order valence-corrected chi connectivity index (χ2v) is 3.89. The Hall–Kier alpha value is -0.220. The predicted octanol–water partition coefficient (Wildman–Crippen LogP) is 3.54. The van der Waals surface area contributed by atoms with Gasteiger partial charge in [-0.15, -0.1) is 6.58 Å². The summed E-state index contributed by atoms with van der Waals surface area (Å²) in [5.41, 5.74) is 1.10. The van der Waals surface area contributed by atoms with Crippen molar-refractivity contribution in [3.8, 4) is 0 Å². The minimum Gasteiger partial charge on any atom is -0.381 e. The topological polar surface area (TPSA) is 12.0 Å². The summed E-state index contributed by atoms with van der Waals surface area (Å²) in [6.07, 6.45) is 1.82. The molecule has 64 valence electrons. The summed E-state index contributed by atoms with van der Waals surface area (Å²) < 4.78 is 1.13. The van der Waals surface area contributed by atoms with E-state index in [0.717, 1.165) is 20.8 Å². The molecule has 1 N–H and O–H groups in total. The van der Waals surface area contributed by atoms with Crippen molar-refractivity contribution >= 4 is 39.9 Å². The Labute approximate surface area is 91.0 Å². The van der Waals surface area contributed by atoms with E-state index in [2.05, 4.69) is 34.5 Å². The molecule has 3 heteroatoms. The monoisotopic (exact) mass is 293 g/mol. The molecule has 0 spiro atoms. The Morgan fingerprint density at radius 2 is 2.33 bits per heavy atom. The molecule has 0 aliphatic carbocycles. The van der Waals surface area contributed by atoms with E-state index in [0.29, 0.717) is 0 Å². The quantitative estimate of drug-likeness (QED) is 0.664. The first-order valence-corrected chi connectivity index (χ1v) is 4.99. The maximum atomic E-state index is 5.80. The van der Waals surface area contributed by atoms with E-state index >= 15 is 0 Å². The van der Waals surface area contributed by atoms with E-state index in [-0.39, 0.29) is 0 Å². The summed E-state index contributed by atoms with van der Waals surface area (Å²) in [6, 6.07) is 5.76. The van der Waals surface area contributed by atoms with Gasteiger partial charge in [-0.25, -0.2) is 0 Å². The highest BCUT2D eigenvalue weighted by Gasteiger charge is 1.97. The van der Waals surface area contributed by atoms with Crippen LogP contribution in [-0.4, -0.2) is 6.54 Å². The number of hydrogen-bond donors (Lipinski definition) is 1. The first-order valence-electron chi connectivity index (χ1n) is 3.54. The molecule has 0 unspecified atom stereocenters. The molecule has 0 aliphatic heterocycles. The maximum absolute atomic E-state index is 5.80. The minimum absolute atomic E-state index is 0.767. The van der Waals surface area contributed by atoms with Crippen molar-refractivity contribution in [3.63, 3.8) is 0 Å². The van der Waals surface area contributed by atoms with Crippen molar-refractivity contribution in [1.82, 2.24) is 0 Å². The standard InChI is InChI=1S/C9H9ClIN/c1-2-5-12-9-4-3-7(10)6-8(9)11/h2-4,6,12H,1,5H2. The highest BCUT2D eigenvalue weighted by molar-refractivity contribution is 14.1. The molecule has 1 aromatic carbocycles. The van der Waals surface area contributed by atoms with E-state index in [4.69, 9.17) is 11.6 Å². The zero-order chi connectivity index (χ0) is 8.97. The number of benzene rings is 1. The fraction of sp³-hybridized carbons (Fsp3) is 0.111. The molecule has 0 aliphatic rings. The molecule has 1 aromatic rings. The Morgan fingerprint density at radius 1 is 1.58 bits per heavy atom. The maximum Gasteiger partial charge on any atom is 0.0479 e. The Morgan fingerprint density at radius 3 is 2.92 bits per heavy atom. The molecule has 0 amide bonds. The molecule has 0 bridgehead atoms. The Kier molecular flexibility index (Phi) is 3.88. The van der Waals surface area contributed by atoms with Gasteiger partial charge in [0.1, 0.15) is 0 Å². The number of hydrogen-bond acceptors (Lipinski definition) is 1. The van der Waals surface area contributed by atoms with E-state index in [1.54, 1.807) is 0 Å². The number of anilines is 1. The summed E-state index contributed by atoms with van der Waals surface area (Å²) in [6.45, 7) is 4.41. The second kappa shape index (κ2) is 4.72. The van der Waals surface area contributed by atoms with Crippen molar-refractivity contribution in [2.75, 3.05) is 11.9 Å². The van der Waals surface area contributed by atoms with Crippen molar-refractivity contribution in [2.45, 2.75) is 0 Å². The van der Waals surface area contributed by atoms with Gasteiger partial charge in [-0.3, -0.25) is 0 Å². The van der Waals surface area contributed by atoms with Gasteiger partial charge in [-0.1, -0.05) is 17.7 Å². The molecular formula is C9H9ClIN. The average molecular weight is 294 g/mol. The van der Waals surface area contributed by atoms with Crippen LogP contribution in [-0.2, 0) is 0 Å². The third-order valence-electron chi connectivity index (χ3n) is 1.37. The lowest BCUT2D eigenvalue weighted by Crippen LogP contribution is -1.99. The van der Waals surface area contributed by atoms with Gasteiger partial charge in [0.2, 0.25) is 0 Å². The average Bonchev–Trinajstić information content (AvgIpc) is 2.03. The molecule has 12 heavy (non-hydrogen) atoms. The fourth-order valence-corrected chi connectivity index (χ4v) is 1.88. The van der Waals surface area contributed by atoms with Crippen molar-refractivity contribution in [1.29, 1.82) is 0 Å². The summed E-state index contributed by atoms with van der Waals surface area (Å²) in [5.74, 6) is 0. The summed E-state index contributed by atoms with van der Waals surface area (Å²) in [4.78, 5) is 0. The first-order chi connectivity index (χ1) is 5.74. The molecule has 0 aromatic heterocycles. The van der Waals surface area contributed by atoms with Gasteiger partial charge in [0, 0.05) is 20.8 Å². The van der Waals surface area contributed by atoms with Gasteiger partial charge >= 0.3 is 0 Å². The Bertz CT molecular complexity index is 286. The van der Waals surface area contributed by atoms with Crippen molar-refractivity contribution in [3.05, 3.63) is 39.4 Å². The highest BCUT2D eigenvalue weighted by atomic mass is 127. The van der Waals surface area contributed by atoms with E-state index in [1.165, 1.54) is 0 Å². The normalized spacial score (nSPS) is 9.50. The van der Waals surface area contributed by atoms with E-state index in [9.17, 15) is 0 Å². The van der Waals surface area contributed by atoms with E-state index in [1.807, 2.05) is 24.3 Å². The van der Waals surface area contributed by atoms with Crippen LogP contribution in [0.2, 0.25) is 5.02 Å². The van der Waals surface area contributed by atoms with Crippen LogP contribution in [0.25, 0.3) is 0 Å². The fourth-order valence-electron chi connectivity index (χ4n) is 0.815. The summed E-state index contributed by atoms with van der Waals surface area (Å²) >= 11 is 8.04. The molecule has 0 fully saturated rings. The first kappa shape index (κ1) is 9.86. The smallest absolute Gasteiger partial charge is 0.0479 e. The van der Waals surface area contributed by atoms with Crippen LogP contribution in [0.1, 0.15) is 0 Å². The van der Waals surface area contributed by atoms with Crippen LogP contribution in [0.3, 0.4) is 0 Å². The van der Waals surface area contributed by atoms with Crippen LogP contribution >= 0.6 is 34.2 Å². The SMILES string of the molecule is C=CCNc1ccc(Cl)cc1I. The Balaban J connectivity index is 2.78. The van der Waals surface area contributed by atoms with Gasteiger partial charge < -0.3 is 5.32 Å². The lowest BCUT2D eigenvalue weighted by molar-refractivity contribution is 1.33. The highest BCUT2D eigenvalue weighted by Crippen LogP contribution is 2.21. The van der Waals surface area contributed by atoms with Crippen LogP contribution in [0.4, 0.5) is 5.69 Å². The van der Waals surface area contributed by atoms with Crippen LogP contribution in [0.5, 0.6) is 0 Å².